The third-order valence-electron chi connectivity index (χ3n) is 3.78. The lowest BCUT2D eigenvalue weighted by atomic mass is 10.2. The van der Waals surface area contributed by atoms with Crippen molar-refractivity contribution in [3.05, 3.63) is 81.8 Å². The molecule has 130 valence electrons. The van der Waals surface area contributed by atoms with E-state index in [1.54, 1.807) is 24.3 Å². The molecule has 4 aromatic rings. The third kappa shape index (κ3) is 3.12. The summed E-state index contributed by atoms with van der Waals surface area (Å²) in [5.74, 6) is -0.728. The molecule has 0 aliphatic rings. The van der Waals surface area contributed by atoms with Crippen LogP contribution < -0.4 is 11.5 Å². The van der Waals surface area contributed by atoms with Crippen LogP contribution in [0, 0.1) is 0 Å². The van der Waals surface area contributed by atoms with Crippen molar-refractivity contribution in [3.8, 4) is 22.9 Å². The molecule has 0 saturated heterocycles. The van der Waals surface area contributed by atoms with Gasteiger partial charge in [0.15, 0.2) is 0 Å². The molecule has 26 heavy (non-hydrogen) atoms. The van der Waals surface area contributed by atoms with Crippen molar-refractivity contribution in [1.29, 1.82) is 0 Å². The van der Waals surface area contributed by atoms with E-state index in [-0.39, 0.29) is 24.9 Å². The van der Waals surface area contributed by atoms with Crippen LogP contribution >= 0.6 is 0 Å². The fourth-order valence-electron chi connectivity index (χ4n) is 2.48. The van der Waals surface area contributed by atoms with Crippen LogP contribution in [0.2, 0.25) is 0 Å². The highest BCUT2D eigenvalue weighted by molar-refractivity contribution is 5.52. The van der Waals surface area contributed by atoms with Gasteiger partial charge in [0.1, 0.15) is 0 Å². The summed E-state index contributed by atoms with van der Waals surface area (Å²) in [6, 6.07) is 18.2. The summed E-state index contributed by atoms with van der Waals surface area (Å²) in [7, 11) is 0. The first-order valence-corrected chi connectivity index (χ1v) is 7.97. The van der Waals surface area contributed by atoms with E-state index >= 15 is 0 Å². The zero-order valence-corrected chi connectivity index (χ0v) is 13.6. The fraction of sp³-hybridized carbons (Fsp3) is 0.111. The van der Waals surface area contributed by atoms with Gasteiger partial charge in [-0.25, -0.2) is 9.59 Å². The number of rotatable bonds is 5. The molecule has 0 aliphatic carbocycles. The summed E-state index contributed by atoms with van der Waals surface area (Å²) in [5.41, 5.74) is 1.40. The molecule has 2 aromatic heterocycles. The predicted molar refractivity (Wildman–Crippen MR) is 92.4 cm³/mol. The van der Waals surface area contributed by atoms with E-state index in [2.05, 4.69) is 10.2 Å². The van der Waals surface area contributed by atoms with Crippen molar-refractivity contribution in [2.24, 2.45) is 0 Å². The summed E-state index contributed by atoms with van der Waals surface area (Å²) >= 11 is 0. The minimum absolute atomic E-state index is 0.135. The molecular weight excluding hydrogens is 336 g/mol. The first kappa shape index (κ1) is 15.8. The van der Waals surface area contributed by atoms with Gasteiger partial charge in [0, 0.05) is 11.1 Å². The summed E-state index contributed by atoms with van der Waals surface area (Å²) < 4.78 is 12.6. The molecule has 0 saturated carbocycles. The SMILES string of the molecule is O=c1oc(-c2ccccc2)nn1CCn1nc(-c2ccccc2)oc1=O. The predicted octanol–water partition coefficient (Wildman–Crippen LogP) is 2.02. The van der Waals surface area contributed by atoms with Gasteiger partial charge in [0.05, 0.1) is 13.1 Å². The normalized spacial score (nSPS) is 10.9. The molecular formula is C18H14N4O4. The Bertz CT molecular complexity index is 1030. The monoisotopic (exact) mass is 350 g/mol. The first-order valence-electron chi connectivity index (χ1n) is 7.97. The smallest absolute Gasteiger partial charge is 0.388 e. The molecule has 0 unspecified atom stereocenters. The number of aryl methyl sites for hydroxylation is 2. The average Bonchev–Trinajstić information content (AvgIpc) is 3.24. The Labute approximate surface area is 146 Å². The van der Waals surface area contributed by atoms with Crippen LogP contribution in [-0.2, 0) is 13.1 Å². The van der Waals surface area contributed by atoms with E-state index in [0.29, 0.717) is 11.1 Å². The number of nitrogens with zero attached hydrogens (tertiary/aromatic N) is 4. The van der Waals surface area contributed by atoms with Crippen LogP contribution in [0.5, 0.6) is 0 Å². The van der Waals surface area contributed by atoms with Crippen molar-refractivity contribution in [2.75, 3.05) is 0 Å². The Morgan fingerprint density at radius 2 is 1.04 bits per heavy atom. The molecule has 0 atom stereocenters. The van der Waals surface area contributed by atoms with Crippen molar-refractivity contribution >= 4 is 0 Å². The standard InChI is InChI=1S/C18H14N4O4/c23-17-21(19-15(25-17)13-7-3-1-4-8-13)11-12-22-18(24)26-16(20-22)14-9-5-2-6-10-14/h1-10H,11-12H2. The lowest BCUT2D eigenvalue weighted by Crippen LogP contribution is -2.24. The van der Waals surface area contributed by atoms with Crippen molar-refractivity contribution in [3.63, 3.8) is 0 Å². The summed E-state index contributed by atoms with van der Waals surface area (Å²) in [6.45, 7) is 0.270. The lowest BCUT2D eigenvalue weighted by Gasteiger charge is -1.97. The minimum atomic E-state index is -0.594. The second-order valence-electron chi connectivity index (χ2n) is 5.52. The summed E-state index contributed by atoms with van der Waals surface area (Å²) in [6.07, 6.45) is 0. The Kier molecular flexibility index (Phi) is 4.06. The molecule has 8 nitrogen and oxygen atoms in total. The second kappa shape index (κ2) is 6.67. The van der Waals surface area contributed by atoms with Crippen LogP contribution in [0.3, 0.4) is 0 Å². The molecule has 0 spiro atoms. The van der Waals surface area contributed by atoms with E-state index in [1.165, 1.54) is 0 Å². The zero-order chi connectivity index (χ0) is 17.9. The van der Waals surface area contributed by atoms with Gasteiger partial charge in [-0.1, -0.05) is 36.4 Å². The zero-order valence-electron chi connectivity index (χ0n) is 13.6. The maximum absolute atomic E-state index is 11.9. The third-order valence-corrected chi connectivity index (χ3v) is 3.78. The highest BCUT2D eigenvalue weighted by Crippen LogP contribution is 2.15. The molecule has 0 fully saturated rings. The number of aromatic nitrogens is 4. The Morgan fingerprint density at radius 1 is 0.654 bits per heavy atom. The van der Waals surface area contributed by atoms with Gasteiger partial charge in [-0.15, -0.1) is 10.2 Å². The van der Waals surface area contributed by atoms with E-state index in [0.717, 1.165) is 9.36 Å². The molecule has 0 amide bonds. The fourth-order valence-corrected chi connectivity index (χ4v) is 2.48. The van der Waals surface area contributed by atoms with Gasteiger partial charge in [0.2, 0.25) is 11.8 Å². The maximum atomic E-state index is 11.9. The van der Waals surface area contributed by atoms with Gasteiger partial charge in [0.25, 0.3) is 0 Å². The minimum Gasteiger partial charge on any atom is -0.388 e. The highest BCUT2D eigenvalue weighted by Gasteiger charge is 2.13. The number of hydrogen-bond donors (Lipinski definition) is 0. The van der Waals surface area contributed by atoms with Gasteiger partial charge in [-0.2, -0.15) is 9.36 Å². The molecule has 0 aliphatic heterocycles. The van der Waals surface area contributed by atoms with Gasteiger partial charge < -0.3 is 8.83 Å². The Morgan fingerprint density at radius 3 is 1.42 bits per heavy atom. The molecule has 0 bridgehead atoms. The largest absolute Gasteiger partial charge is 0.437 e. The second-order valence-corrected chi connectivity index (χ2v) is 5.52. The quantitative estimate of drug-likeness (QED) is 0.546. The Balaban J connectivity index is 1.53. The van der Waals surface area contributed by atoms with Gasteiger partial charge in [-0.3, -0.25) is 0 Å². The van der Waals surface area contributed by atoms with E-state index in [9.17, 15) is 9.59 Å². The molecule has 8 heteroatoms. The van der Waals surface area contributed by atoms with Crippen LogP contribution in [0.25, 0.3) is 22.9 Å². The highest BCUT2D eigenvalue weighted by atomic mass is 16.4. The number of benzene rings is 2. The maximum Gasteiger partial charge on any atom is 0.437 e. The molecule has 4 rings (SSSR count). The van der Waals surface area contributed by atoms with Crippen LogP contribution in [-0.4, -0.2) is 19.6 Å². The van der Waals surface area contributed by atoms with Crippen molar-refractivity contribution < 1.29 is 8.83 Å². The summed E-state index contributed by atoms with van der Waals surface area (Å²) in [4.78, 5) is 23.9. The van der Waals surface area contributed by atoms with Crippen molar-refractivity contribution in [1.82, 2.24) is 19.6 Å². The van der Waals surface area contributed by atoms with E-state index in [1.807, 2.05) is 36.4 Å². The van der Waals surface area contributed by atoms with Crippen LogP contribution in [0.1, 0.15) is 0 Å². The topological polar surface area (TPSA) is 96.1 Å². The Hall–Kier alpha value is -3.68. The molecule has 2 aromatic carbocycles. The van der Waals surface area contributed by atoms with Crippen LogP contribution in [0.15, 0.2) is 79.1 Å². The number of hydrogen-bond acceptors (Lipinski definition) is 6. The first-order chi connectivity index (χ1) is 12.7. The lowest BCUT2D eigenvalue weighted by molar-refractivity contribution is 0.423. The van der Waals surface area contributed by atoms with Gasteiger partial charge in [-0.05, 0) is 24.3 Å². The van der Waals surface area contributed by atoms with Crippen LogP contribution in [0.4, 0.5) is 0 Å². The molecule has 2 heterocycles. The van der Waals surface area contributed by atoms with Crippen molar-refractivity contribution in [2.45, 2.75) is 13.1 Å². The molecule has 0 N–H and O–H groups in total. The average molecular weight is 350 g/mol. The van der Waals surface area contributed by atoms with E-state index in [4.69, 9.17) is 8.83 Å². The molecule has 0 radical (unpaired) electrons. The van der Waals surface area contributed by atoms with Gasteiger partial charge >= 0.3 is 11.5 Å². The summed E-state index contributed by atoms with van der Waals surface area (Å²) in [5, 5.41) is 8.31. The van der Waals surface area contributed by atoms with E-state index < -0.39 is 11.5 Å².